The van der Waals surface area contributed by atoms with Gasteiger partial charge in [0.05, 0.1) is 26.2 Å². The number of halogens is 2. The van der Waals surface area contributed by atoms with E-state index in [1.807, 2.05) is 0 Å². The molecule has 383 valence electrons. The SMILES string of the molecule is CC1=NCCNC(C)(C)CC(C)=NCCNC(C)(C)C1.CC1=NCCNC(C)(C)CC(C)=NCCNC(C)(C)C1.[Cu+2].[Cu+2].[Mn+2].[N-]=C=S.[N-]=C=S.[N-]=C=S.[N-]=C=S.[O-][Cl+3]([O-])([O-])[O-].[O-][Cl+3]([O-])([O-])[O-]. The quantitative estimate of drug-likeness (QED) is 0.116. The number of hydrogen-bond acceptors (Lipinski definition) is 20. The van der Waals surface area contributed by atoms with Crippen LogP contribution >= 0.6 is 48.9 Å². The molecular weight excluding hydrogens is 1110 g/mol. The summed E-state index contributed by atoms with van der Waals surface area (Å²) < 4.78 is 67.9. The Balaban J connectivity index is -0.0000000921. The number of nitrogens with one attached hydrogen (secondary N) is 4. The van der Waals surface area contributed by atoms with Crippen LogP contribution in [-0.2, 0) is 51.2 Å². The minimum atomic E-state index is -4.94. The fraction of sp³-hybridized carbons (Fsp3) is 0.778. The van der Waals surface area contributed by atoms with Crippen molar-refractivity contribution in [1.29, 1.82) is 0 Å². The number of isothiocyanates is 4. The Morgan fingerprint density at radius 2 is 0.523 bits per heavy atom. The van der Waals surface area contributed by atoms with Crippen LogP contribution in [0.5, 0.6) is 0 Å². The summed E-state index contributed by atoms with van der Waals surface area (Å²) in [6, 6.07) is 0. The fourth-order valence-corrected chi connectivity index (χ4v) is 5.60. The molecule has 2 heterocycles. The van der Waals surface area contributed by atoms with Crippen LogP contribution in [0.3, 0.4) is 0 Å². The molecule has 2 aliphatic rings. The zero-order chi connectivity index (χ0) is 50.3. The van der Waals surface area contributed by atoms with Crippen molar-refractivity contribution in [2.24, 2.45) is 20.0 Å². The minimum absolute atomic E-state index is 0. The summed E-state index contributed by atoms with van der Waals surface area (Å²) in [5, 5.41) is 48.2. The Bertz CT molecular complexity index is 1270. The predicted octanol–water partition coefficient (Wildman–Crippen LogP) is -2.01. The second kappa shape index (κ2) is 48.6. The van der Waals surface area contributed by atoms with E-state index in [2.05, 4.69) is 173 Å². The summed E-state index contributed by atoms with van der Waals surface area (Å²) in [5.41, 5.74) is 5.25. The number of hydrogen-bond donors (Lipinski definition) is 4. The van der Waals surface area contributed by atoms with E-state index in [9.17, 15) is 0 Å². The molecule has 0 saturated heterocycles. The summed E-state index contributed by atoms with van der Waals surface area (Å²) >= 11 is 14.8. The molecule has 0 amide bonds. The van der Waals surface area contributed by atoms with Crippen LogP contribution in [0.2, 0.25) is 0 Å². The first kappa shape index (κ1) is 84.5. The van der Waals surface area contributed by atoms with E-state index in [0.29, 0.717) is 0 Å². The summed E-state index contributed by atoms with van der Waals surface area (Å²) in [7, 11) is -9.89. The van der Waals surface area contributed by atoms with Crippen molar-refractivity contribution >= 4 is 92.4 Å². The fourth-order valence-electron chi connectivity index (χ4n) is 5.60. The van der Waals surface area contributed by atoms with Gasteiger partial charge in [0.15, 0.2) is 0 Å². The Labute approximate surface area is 444 Å². The molecule has 2 aliphatic heterocycles. The van der Waals surface area contributed by atoms with Crippen LogP contribution in [0.25, 0.3) is 21.6 Å². The summed E-state index contributed by atoms with van der Waals surface area (Å²) in [4.78, 5) is 18.7. The minimum Gasteiger partial charge on any atom is -0.753 e. The average Bonchev–Trinajstić information content (AvgIpc) is 3.04. The van der Waals surface area contributed by atoms with E-state index < -0.39 is 20.5 Å². The Kier molecular flexibility index (Phi) is 63.1. The molecule has 0 unspecified atom stereocenters. The molecule has 0 aliphatic carbocycles. The molecule has 0 aromatic heterocycles. The van der Waals surface area contributed by atoms with Crippen molar-refractivity contribution in [2.45, 2.75) is 131 Å². The number of nitrogens with zero attached hydrogens (tertiary/aromatic N) is 8. The third-order valence-corrected chi connectivity index (χ3v) is 7.18. The van der Waals surface area contributed by atoms with Crippen molar-refractivity contribution in [3.63, 3.8) is 0 Å². The first-order valence-corrected chi connectivity index (χ1v) is 22.4. The van der Waals surface area contributed by atoms with Crippen molar-refractivity contribution in [2.75, 3.05) is 52.4 Å². The van der Waals surface area contributed by atoms with Crippen LogP contribution in [0.1, 0.15) is 109 Å². The maximum atomic E-state index is 8.49. The molecule has 0 saturated carbocycles. The molecular formula is C36H64Cl2Cu2MnN12O8S4. The van der Waals surface area contributed by atoms with Crippen molar-refractivity contribution < 1.29 is 109 Å². The van der Waals surface area contributed by atoms with Gasteiger partial charge in [-0.2, -0.15) is 20.6 Å². The molecule has 20 nitrogen and oxygen atoms in total. The van der Waals surface area contributed by atoms with E-state index in [-0.39, 0.29) is 73.4 Å². The molecule has 0 fully saturated rings. The predicted molar refractivity (Wildman–Crippen MR) is 243 cm³/mol. The third-order valence-electron chi connectivity index (χ3n) is 7.18. The van der Waals surface area contributed by atoms with Gasteiger partial charge in [-0.25, -0.2) is 37.3 Å². The summed E-state index contributed by atoms with van der Waals surface area (Å²) in [5.74, 6) is 0. The molecule has 0 atom stereocenters. The van der Waals surface area contributed by atoms with Crippen LogP contribution in [0, 0.1) is 20.5 Å². The maximum Gasteiger partial charge on any atom is 2.00 e. The van der Waals surface area contributed by atoms with E-state index in [1.165, 1.54) is 43.5 Å². The van der Waals surface area contributed by atoms with Gasteiger partial charge >= 0.3 is 51.2 Å². The van der Waals surface area contributed by atoms with E-state index in [0.717, 1.165) is 78.0 Å². The Morgan fingerprint density at radius 3 is 0.631 bits per heavy atom. The van der Waals surface area contributed by atoms with Crippen molar-refractivity contribution in [1.82, 2.24) is 21.3 Å². The Morgan fingerprint density at radius 1 is 0.415 bits per heavy atom. The Hall–Kier alpha value is -0.462. The second-order valence-corrected chi connectivity index (χ2v) is 17.8. The molecule has 2 rings (SSSR count). The zero-order valence-electron chi connectivity index (χ0n) is 38.7. The second-order valence-electron chi connectivity index (χ2n) is 15.5. The van der Waals surface area contributed by atoms with Gasteiger partial charge in [-0.1, -0.05) is 48.9 Å². The zero-order valence-corrected chi connectivity index (χ0v) is 46.5. The number of aliphatic imine (C=N–C) groups is 4. The van der Waals surface area contributed by atoms with Gasteiger partial charge in [0.25, 0.3) is 0 Å². The third kappa shape index (κ3) is 90.6. The topological polar surface area (TPSA) is 371 Å². The monoisotopic (exact) mass is 1170 g/mol. The number of thiocarbonyl (C=S) groups is 4. The van der Waals surface area contributed by atoms with E-state index in [1.54, 1.807) is 0 Å². The van der Waals surface area contributed by atoms with Crippen molar-refractivity contribution in [3.8, 4) is 0 Å². The maximum absolute atomic E-state index is 8.49. The van der Waals surface area contributed by atoms with E-state index >= 15 is 0 Å². The molecule has 29 heteroatoms. The van der Waals surface area contributed by atoms with Gasteiger partial charge in [-0.3, -0.25) is 20.0 Å². The van der Waals surface area contributed by atoms with E-state index in [4.69, 9.17) is 58.9 Å². The van der Waals surface area contributed by atoms with Gasteiger partial charge in [0.2, 0.25) is 0 Å². The molecule has 65 heavy (non-hydrogen) atoms. The van der Waals surface area contributed by atoms with Crippen molar-refractivity contribution in [3.05, 3.63) is 21.6 Å². The smallest absolute Gasteiger partial charge is 0.753 e. The van der Waals surface area contributed by atoms with Crippen LogP contribution in [0.4, 0.5) is 0 Å². The summed E-state index contributed by atoms with van der Waals surface area (Å²) in [6.45, 7) is 33.4. The molecule has 3 radical (unpaired) electrons. The van der Waals surface area contributed by atoms with Gasteiger partial charge < -0.3 is 42.9 Å². The first-order chi connectivity index (χ1) is 28.1. The molecule has 0 bridgehead atoms. The molecule has 0 aromatic carbocycles. The number of rotatable bonds is 0. The average molecular weight is 1170 g/mol. The first-order valence-electron chi connectivity index (χ1n) is 18.3. The molecule has 0 aromatic rings. The normalized spacial score (nSPS) is 17.9. The standard InChI is InChI=1S/2C16H32N4.4CNS.2ClHO4.2Cu.Mn/c2*1-13-11-15(3,4)19-10-8-18-14(2)12-16(5,6)20-9-7-17-13;4*2-1-3;2*2-1(3,4)5;;;/h2*19-20H,7-12H2,1-6H3;;;;;2*(H,2,3,4,5);;;/q;;4*-1;;;3*+2/p-2. The van der Waals surface area contributed by atoms with Crippen LogP contribution in [0.15, 0.2) is 20.0 Å². The van der Waals surface area contributed by atoms with Gasteiger partial charge in [-0.15, -0.1) is 20.5 Å². The van der Waals surface area contributed by atoms with Gasteiger partial charge in [0, 0.05) is 96.9 Å². The summed E-state index contributed by atoms with van der Waals surface area (Å²) in [6.07, 6.45) is 3.94. The molecule has 4 N–H and O–H groups in total. The van der Waals surface area contributed by atoms with Crippen LogP contribution in [-0.4, -0.2) is 118 Å². The largest absolute Gasteiger partial charge is 2.00 e. The van der Waals surface area contributed by atoms with Crippen LogP contribution < -0.4 is 58.5 Å². The van der Waals surface area contributed by atoms with Gasteiger partial charge in [0.1, 0.15) is 0 Å². The molecule has 0 spiro atoms. The van der Waals surface area contributed by atoms with Gasteiger partial charge in [-0.05, 0) is 83.1 Å².